The summed E-state index contributed by atoms with van der Waals surface area (Å²) in [5.41, 5.74) is 2.38. The molecule has 4 rings (SSSR count). The number of hydrogen-bond donors (Lipinski definition) is 1. The molecule has 7 nitrogen and oxygen atoms in total. The minimum atomic E-state index is -0.453. The first-order chi connectivity index (χ1) is 15.1. The summed E-state index contributed by atoms with van der Waals surface area (Å²) >= 11 is 7.77. The summed E-state index contributed by atoms with van der Waals surface area (Å²) in [5.74, 6) is 0.899. The monoisotopic (exact) mass is 458 g/mol. The van der Waals surface area contributed by atoms with E-state index in [0.717, 1.165) is 28.1 Å². The van der Waals surface area contributed by atoms with Crippen molar-refractivity contribution in [3.8, 4) is 10.7 Å². The maximum atomic E-state index is 12.9. The predicted octanol–water partition coefficient (Wildman–Crippen LogP) is 5.38. The molecule has 0 fully saturated rings. The molecule has 0 saturated heterocycles. The van der Waals surface area contributed by atoms with Crippen LogP contribution in [0.15, 0.2) is 52.0 Å². The molecule has 3 aromatic rings. The Morgan fingerprint density at radius 1 is 1.32 bits per heavy atom. The van der Waals surface area contributed by atoms with Crippen LogP contribution < -0.4 is 5.32 Å². The number of hydrogen-bond acceptors (Lipinski definition) is 6. The van der Waals surface area contributed by atoms with Gasteiger partial charge in [0.05, 0.1) is 16.5 Å². The van der Waals surface area contributed by atoms with Crippen LogP contribution in [0.5, 0.6) is 0 Å². The van der Waals surface area contributed by atoms with Crippen LogP contribution in [-0.2, 0) is 4.74 Å². The third kappa shape index (κ3) is 4.66. The average molecular weight is 459 g/mol. The molecule has 2 aromatic heterocycles. The lowest BCUT2D eigenvalue weighted by molar-refractivity contribution is 0.136. The van der Waals surface area contributed by atoms with E-state index in [1.165, 1.54) is 0 Å². The maximum Gasteiger partial charge on any atom is 0.322 e. The van der Waals surface area contributed by atoms with Crippen molar-refractivity contribution in [3.05, 3.63) is 64.0 Å². The van der Waals surface area contributed by atoms with Crippen molar-refractivity contribution >= 4 is 34.5 Å². The molecular formula is C22H23ClN4O3S. The second kappa shape index (κ2) is 9.64. The summed E-state index contributed by atoms with van der Waals surface area (Å²) in [6.45, 7) is 5.62. The Bertz CT molecular complexity index is 1080. The average Bonchev–Trinajstić information content (AvgIpc) is 3.44. The molecule has 3 heterocycles. The minimum absolute atomic E-state index is 0.180. The molecule has 0 radical (unpaired) electrons. The fourth-order valence-corrected chi connectivity index (χ4v) is 4.42. The van der Waals surface area contributed by atoms with Gasteiger partial charge in [-0.15, -0.1) is 11.3 Å². The van der Waals surface area contributed by atoms with Crippen LogP contribution in [0.25, 0.3) is 16.3 Å². The quantitative estimate of drug-likeness (QED) is 0.458. The third-order valence-corrected chi connectivity index (χ3v) is 6.15. The van der Waals surface area contributed by atoms with Gasteiger partial charge in [-0.3, -0.25) is 4.90 Å². The van der Waals surface area contributed by atoms with Gasteiger partial charge in [0.2, 0.25) is 5.82 Å². The van der Waals surface area contributed by atoms with Crippen LogP contribution >= 0.6 is 22.9 Å². The van der Waals surface area contributed by atoms with Gasteiger partial charge in [0, 0.05) is 30.5 Å². The van der Waals surface area contributed by atoms with Gasteiger partial charge in [0.1, 0.15) is 0 Å². The number of carbonyl (C=O) groups excluding carboxylic acids is 1. The first kappa shape index (κ1) is 21.5. The number of benzene rings is 1. The standard InChI is InChI=1S/C22H23ClN4O3S/c1-3-29-11-6-10-27-14(2)18(21-25-20(26-30-21)17-9-5-12-31-17)19(24-22(27)28)15-7-4-8-16(23)13-15/h4-5,7-9,12-13,19H,3,6,10-11H2,1-2H3,(H,24,28). The van der Waals surface area contributed by atoms with Gasteiger partial charge < -0.3 is 14.6 Å². The van der Waals surface area contributed by atoms with E-state index < -0.39 is 6.04 Å². The number of thiophene rings is 1. The highest BCUT2D eigenvalue weighted by Gasteiger charge is 2.35. The van der Waals surface area contributed by atoms with E-state index >= 15 is 0 Å². The number of carbonyl (C=O) groups is 1. The minimum Gasteiger partial charge on any atom is -0.382 e. The molecule has 1 atom stereocenters. The van der Waals surface area contributed by atoms with Crippen molar-refractivity contribution in [2.24, 2.45) is 0 Å². The zero-order valence-corrected chi connectivity index (χ0v) is 18.9. The van der Waals surface area contributed by atoms with Crippen molar-refractivity contribution in [1.29, 1.82) is 0 Å². The van der Waals surface area contributed by atoms with Crippen molar-refractivity contribution < 1.29 is 14.1 Å². The molecule has 9 heteroatoms. The Morgan fingerprint density at radius 3 is 2.94 bits per heavy atom. The topological polar surface area (TPSA) is 80.5 Å². The molecule has 1 unspecified atom stereocenters. The zero-order chi connectivity index (χ0) is 21.8. The molecule has 1 aliphatic rings. The van der Waals surface area contributed by atoms with Gasteiger partial charge in [-0.1, -0.05) is 35.0 Å². The third-order valence-electron chi connectivity index (χ3n) is 5.05. The van der Waals surface area contributed by atoms with Crippen LogP contribution in [0.4, 0.5) is 4.79 Å². The van der Waals surface area contributed by atoms with Gasteiger partial charge >= 0.3 is 6.03 Å². The zero-order valence-electron chi connectivity index (χ0n) is 17.3. The molecular weight excluding hydrogens is 436 g/mol. The number of urea groups is 1. The molecule has 0 bridgehead atoms. The van der Waals surface area contributed by atoms with E-state index in [-0.39, 0.29) is 6.03 Å². The molecule has 162 valence electrons. The van der Waals surface area contributed by atoms with Crippen molar-refractivity contribution in [1.82, 2.24) is 20.4 Å². The Hall–Kier alpha value is -2.68. The van der Waals surface area contributed by atoms with Gasteiger partial charge in [0.15, 0.2) is 0 Å². The fourth-order valence-electron chi connectivity index (χ4n) is 3.57. The lowest BCUT2D eigenvalue weighted by Gasteiger charge is -2.35. The molecule has 0 aliphatic carbocycles. The number of rotatable bonds is 8. The number of amides is 2. The van der Waals surface area contributed by atoms with Crippen LogP contribution in [0.1, 0.15) is 37.8 Å². The highest BCUT2D eigenvalue weighted by Crippen LogP contribution is 2.38. The molecule has 31 heavy (non-hydrogen) atoms. The fraction of sp³-hybridized carbons (Fsp3) is 0.318. The Kier molecular flexibility index (Phi) is 6.70. The summed E-state index contributed by atoms with van der Waals surface area (Å²) in [5, 5.41) is 9.79. The lowest BCUT2D eigenvalue weighted by atomic mass is 9.94. The van der Waals surface area contributed by atoms with Crippen molar-refractivity contribution in [2.45, 2.75) is 26.3 Å². The second-order valence-electron chi connectivity index (χ2n) is 7.04. The summed E-state index contributed by atoms with van der Waals surface area (Å²) in [6.07, 6.45) is 0.720. The SMILES string of the molecule is CCOCCCN1C(=O)NC(c2cccc(Cl)c2)C(c2nc(-c3cccs3)no2)=C1C. The number of halogens is 1. The van der Waals surface area contributed by atoms with Crippen LogP contribution in [0, 0.1) is 0 Å². The highest BCUT2D eigenvalue weighted by molar-refractivity contribution is 7.13. The smallest absolute Gasteiger partial charge is 0.322 e. The first-order valence-corrected chi connectivity index (χ1v) is 11.3. The molecule has 1 N–H and O–H groups in total. The lowest BCUT2D eigenvalue weighted by Crippen LogP contribution is -2.46. The Morgan fingerprint density at radius 2 is 2.19 bits per heavy atom. The maximum absolute atomic E-state index is 12.9. The van der Waals surface area contributed by atoms with E-state index in [0.29, 0.717) is 36.5 Å². The van der Waals surface area contributed by atoms with Gasteiger partial charge in [-0.05, 0) is 49.4 Å². The largest absolute Gasteiger partial charge is 0.382 e. The van der Waals surface area contributed by atoms with E-state index in [2.05, 4.69) is 15.5 Å². The molecule has 2 amide bonds. The second-order valence-corrected chi connectivity index (χ2v) is 8.42. The Balaban J connectivity index is 1.73. The van der Waals surface area contributed by atoms with E-state index in [4.69, 9.17) is 20.9 Å². The van der Waals surface area contributed by atoms with Crippen LogP contribution in [-0.4, -0.2) is 40.8 Å². The summed E-state index contributed by atoms with van der Waals surface area (Å²) in [4.78, 5) is 20.2. The van der Waals surface area contributed by atoms with E-state index in [1.54, 1.807) is 22.3 Å². The molecule has 0 saturated carbocycles. The van der Waals surface area contributed by atoms with Gasteiger partial charge in [-0.2, -0.15) is 4.98 Å². The normalized spacial score (nSPS) is 16.7. The van der Waals surface area contributed by atoms with Gasteiger partial charge in [-0.25, -0.2) is 4.79 Å². The Labute approximate surface area is 189 Å². The number of nitrogens with one attached hydrogen (secondary N) is 1. The summed E-state index contributed by atoms with van der Waals surface area (Å²) < 4.78 is 11.1. The van der Waals surface area contributed by atoms with E-state index in [9.17, 15) is 4.79 Å². The van der Waals surface area contributed by atoms with Gasteiger partial charge in [0.25, 0.3) is 5.89 Å². The van der Waals surface area contributed by atoms with Crippen LogP contribution in [0.2, 0.25) is 5.02 Å². The van der Waals surface area contributed by atoms with Crippen molar-refractivity contribution in [2.75, 3.05) is 19.8 Å². The predicted molar refractivity (Wildman–Crippen MR) is 121 cm³/mol. The van der Waals surface area contributed by atoms with Crippen LogP contribution in [0.3, 0.4) is 0 Å². The molecule has 1 aliphatic heterocycles. The number of aromatic nitrogens is 2. The first-order valence-electron chi connectivity index (χ1n) is 10.1. The summed E-state index contributed by atoms with van der Waals surface area (Å²) in [7, 11) is 0. The molecule has 1 aromatic carbocycles. The summed E-state index contributed by atoms with van der Waals surface area (Å²) in [6, 6.07) is 10.7. The number of allylic oxidation sites excluding steroid dienone is 1. The highest BCUT2D eigenvalue weighted by atomic mass is 35.5. The van der Waals surface area contributed by atoms with Crippen molar-refractivity contribution in [3.63, 3.8) is 0 Å². The molecule has 0 spiro atoms. The number of nitrogens with zero attached hydrogens (tertiary/aromatic N) is 3. The number of ether oxygens (including phenoxy) is 1. The van der Waals surface area contributed by atoms with E-state index in [1.807, 2.05) is 49.6 Å².